The van der Waals surface area contributed by atoms with E-state index < -0.39 is 35.5 Å². The maximum absolute atomic E-state index is 12.8. The number of aliphatic carboxylic acids is 1. The molecule has 12 heteroatoms. The molecule has 0 radical (unpaired) electrons. The van der Waals surface area contributed by atoms with Crippen LogP contribution in [-0.2, 0) is 19.2 Å². The number of likely N-dealkylation sites (tertiary alicyclic amines) is 2. The molecule has 2 atom stereocenters. The first kappa shape index (κ1) is 25.3. The molecule has 3 saturated heterocycles. The van der Waals surface area contributed by atoms with Crippen LogP contribution in [0, 0.1) is 0 Å². The number of hydrogen-bond donors (Lipinski definition) is 4. The molecule has 0 aromatic heterocycles. The van der Waals surface area contributed by atoms with Gasteiger partial charge in [0.2, 0.25) is 17.7 Å². The van der Waals surface area contributed by atoms with Crippen LogP contribution < -0.4 is 20.9 Å². The van der Waals surface area contributed by atoms with Crippen molar-refractivity contribution in [3.63, 3.8) is 0 Å². The number of benzene rings is 1. The fourth-order valence-corrected chi connectivity index (χ4v) is 5.30. The molecule has 3 heterocycles. The van der Waals surface area contributed by atoms with Gasteiger partial charge in [-0.1, -0.05) is 18.2 Å². The summed E-state index contributed by atoms with van der Waals surface area (Å²) in [4.78, 5) is 66.6. The molecule has 0 saturated carbocycles. The predicted octanol–water partition coefficient (Wildman–Crippen LogP) is -0.295. The fraction of sp³-hybridized carbons (Fsp3) is 0.542. The first-order valence-corrected chi connectivity index (χ1v) is 12.2. The number of carboxylic acids is 1. The van der Waals surface area contributed by atoms with Crippen LogP contribution in [0.1, 0.15) is 32.6 Å². The fourth-order valence-electron chi connectivity index (χ4n) is 5.30. The van der Waals surface area contributed by atoms with E-state index in [9.17, 15) is 29.1 Å². The molecule has 1 aromatic rings. The minimum atomic E-state index is -1.33. The van der Waals surface area contributed by atoms with Crippen molar-refractivity contribution in [3.05, 3.63) is 30.3 Å². The van der Waals surface area contributed by atoms with Crippen molar-refractivity contribution in [2.75, 3.05) is 37.7 Å². The quantitative estimate of drug-likeness (QED) is 0.419. The molecule has 36 heavy (non-hydrogen) atoms. The van der Waals surface area contributed by atoms with Gasteiger partial charge in [0.15, 0.2) is 0 Å². The Kier molecular flexibility index (Phi) is 7.32. The lowest BCUT2D eigenvalue weighted by molar-refractivity contribution is -0.143. The second-order valence-corrected chi connectivity index (χ2v) is 9.40. The maximum Gasteiger partial charge on any atom is 0.328 e. The van der Waals surface area contributed by atoms with Gasteiger partial charge in [0, 0.05) is 32.2 Å². The molecule has 12 nitrogen and oxygen atoms in total. The zero-order valence-corrected chi connectivity index (χ0v) is 20.2. The number of piperidine rings is 1. The molecule has 1 spiro atoms. The molecule has 3 aliphatic rings. The Morgan fingerprint density at radius 1 is 1.14 bits per heavy atom. The third-order valence-corrected chi connectivity index (χ3v) is 7.31. The van der Waals surface area contributed by atoms with E-state index in [-0.39, 0.29) is 18.4 Å². The van der Waals surface area contributed by atoms with Crippen molar-refractivity contribution >= 4 is 35.4 Å². The van der Waals surface area contributed by atoms with Crippen LogP contribution in [0.4, 0.5) is 10.5 Å². The lowest BCUT2D eigenvalue weighted by Gasteiger charge is -2.43. The van der Waals surface area contributed by atoms with Gasteiger partial charge < -0.3 is 35.8 Å². The number of carboxylic acid groups (broad SMARTS) is 1. The van der Waals surface area contributed by atoms with Crippen LogP contribution in [-0.4, -0.2) is 95.1 Å². The molecule has 0 aliphatic carbocycles. The van der Waals surface area contributed by atoms with E-state index in [1.165, 1.54) is 11.8 Å². The number of amides is 5. The molecule has 194 valence electrons. The van der Waals surface area contributed by atoms with Gasteiger partial charge in [-0.3, -0.25) is 14.4 Å². The van der Waals surface area contributed by atoms with Crippen LogP contribution in [0.3, 0.4) is 0 Å². The van der Waals surface area contributed by atoms with Gasteiger partial charge in [-0.15, -0.1) is 0 Å². The van der Waals surface area contributed by atoms with Gasteiger partial charge in [0.25, 0.3) is 0 Å². The van der Waals surface area contributed by atoms with Gasteiger partial charge in [-0.2, -0.15) is 0 Å². The lowest BCUT2D eigenvalue weighted by Crippen LogP contribution is -2.59. The van der Waals surface area contributed by atoms with Crippen LogP contribution >= 0.6 is 0 Å². The first-order chi connectivity index (χ1) is 17.2. The second-order valence-electron chi connectivity index (χ2n) is 9.40. The van der Waals surface area contributed by atoms with E-state index in [4.69, 9.17) is 0 Å². The molecule has 0 bridgehead atoms. The minimum absolute atomic E-state index is 0.0633. The smallest absolute Gasteiger partial charge is 0.328 e. The Bertz CT molecular complexity index is 1030. The average Bonchev–Trinajstić information content (AvgIpc) is 3.48. The van der Waals surface area contributed by atoms with Crippen LogP contribution in [0.5, 0.6) is 0 Å². The molecular weight excluding hydrogens is 468 g/mol. The van der Waals surface area contributed by atoms with Crippen molar-refractivity contribution in [2.24, 2.45) is 0 Å². The summed E-state index contributed by atoms with van der Waals surface area (Å²) in [6.45, 7) is 2.57. The Balaban J connectivity index is 1.32. The average molecular weight is 501 g/mol. The Hall–Kier alpha value is -3.83. The Morgan fingerprint density at radius 2 is 1.83 bits per heavy atom. The van der Waals surface area contributed by atoms with Crippen LogP contribution in [0.25, 0.3) is 0 Å². The molecule has 4 rings (SSSR count). The summed E-state index contributed by atoms with van der Waals surface area (Å²) in [7, 11) is 0. The molecule has 1 aromatic carbocycles. The highest BCUT2D eigenvalue weighted by atomic mass is 16.4. The van der Waals surface area contributed by atoms with E-state index in [1.807, 2.05) is 35.2 Å². The number of anilines is 1. The van der Waals surface area contributed by atoms with Crippen molar-refractivity contribution in [1.29, 1.82) is 0 Å². The number of rotatable bonds is 6. The summed E-state index contributed by atoms with van der Waals surface area (Å²) in [5.74, 6) is -2.13. The number of nitrogens with one attached hydrogen (secondary N) is 3. The molecule has 5 amide bonds. The van der Waals surface area contributed by atoms with Crippen LogP contribution in [0.15, 0.2) is 30.3 Å². The van der Waals surface area contributed by atoms with E-state index in [1.54, 1.807) is 4.90 Å². The number of para-hydroxylation sites is 1. The topological polar surface area (TPSA) is 151 Å². The normalized spacial score (nSPS) is 21.8. The van der Waals surface area contributed by atoms with E-state index in [2.05, 4.69) is 16.0 Å². The summed E-state index contributed by atoms with van der Waals surface area (Å²) in [5.41, 5.74) is 0.193. The molecule has 4 N–H and O–H groups in total. The monoisotopic (exact) mass is 500 g/mol. The first-order valence-electron chi connectivity index (χ1n) is 12.2. The largest absolute Gasteiger partial charge is 0.480 e. The third kappa shape index (κ3) is 4.93. The number of carbonyl (C=O) groups is 5. The maximum atomic E-state index is 12.8. The summed E-state index contributed by atoms with van der Waals surface area (Å²) >= 11 is 0. The van der Waals surface area contributed by atoms with Crippen molar-refractivity contribution in [1.82, 2.24) is 25.8 Å². The van der Waals surface area contributed by atoms with Gasteiger partial charge in [0.05, 0.1) is 13.2 Å². The Morgan fingerprint density at radius 3 is 2.47 bits per heavy atom. The van der Waals surface area contributed by atoms with Crippen molar-refractivity contribution < 1.29 is 29.1 Å². The number of nitrogens with zero attached hydrogens (tertiary/aromatic N) is 3. The summed E-state index contributed by atoms with van der Waals surface area (Å²) < 4.78 is 0. The van der Waals surface area contributed by atoms with Gasteiger partial charge >= 0.3 is 12.0 Å². The third-order valence-electron chi connectivity index (χ3n) is 7.31. The molecular formula is C24H32N6O6. The van der Waals surface area contributed by atoms with Gasteiger partial charge in [-0.05, 0) is 37.8 Å². The molecule has 3 aliphatic heterocycles. The minimum Gasteiger partial charge on any atom is -0.480 e. The zero-order chi connectivity index (χ0) is 25.9. The number of hydrogen-bond acceptors (Lipinski definition) is 6. The van der Waals surface area contributed by atoms with Crippen LogP contribution in [0.2, 0.25) is 0 Å². The van der Waals surface area contributed by atoms with E-state index in [0.717, 1.165) is 5.69 Å². The van der Waals surface area contributed by atoms with E-state index >= 15 is 0 Å². The summed E-state index contributed by atoms with van der Waals surface area (Å²) in [5, 5.41) is 17.5. The van der Waals surface area contributed by atoms with Crippen molar-refractivity contribution in [3.8, 4) is 0 Å². The lowest BCUT2D eigenvalue weighted by atomic mass is 9.85. The highest BCUT2D eigenvalue weighted by Gasteiger charge is 2.50. The van der Waals surface area contributed by atoms with E-state index in [0.29, 0.717) is 52.0 Å². The van der Waals surface area contributed by atoms with Gasteiger partial charge in [0.1, 0.15) is 17.6 Å². The summed E-state index contributed by atoms with van der Waals surface area (Å²) in [6.07, 6.45) is 2.00. The zero-order valence-electron chi connectivity index (χ0n) is 20.2. The Labute approximate surface area is 209 Å². The SMILES string of the molecule is CC(=O)N1CCC[C@H]1C(=O)N[C@@H](CNC(=O)N1CCC2(CC1)C(=O)NCN2c1ccccc1)C(=O)O. The molecule has 3 fully saturated rings. The standard InChI is InChI=1S/C24H32N6O6/c1-16(31)29-11-5-8-19(29)20(32)27-18(21(33)34)14-25-23(36)28-12-9-24(10-13-28)22(35)26-15-30(24)17-6-3-2-4-7-17/h2-4,6-7,18-19H,5,8-15H2,1H3,(H,25,36)(H,26,35)(H,27,32)(H,33,34)/t18-,19-/m0/s1. The van der Waals surface area contributed by atoms with Crippen molar-refractivity contribution in [2.45, 2.75) is 50.2 Å². The highest BCUT2D eigenvalue weighted by Crippen LogP contribution is 2.36. The highest BCUT2D eigenvalue weighted by molar-refractivity contribution is 5.94. The number of urea groups is 1. The predicted molar refractivity (Wildman–Crippen MR) is 129 cm³/mol. The second kappa shape index (κ2) is 10.4. The van der Waals surface area contributed by atoms with Gasteiger partial charge in [-0.25, -0.2) is 9.59 Å². The summed E-state index contributed by atoms with van der Waals surface area (Å²) in [6, 6.07) is 7.14. The molecule has 0 unspecified atom stereocenters. The number of carbonyl (C=O) groups excluding carboxylic acids is 4.